The lowest BCUT2D eigenvalue weighted by Gasteiger charge is -2.05. The molecule has 2 nitrogen and oxygen atoms in total. The molecular formula is C12H7Br2FO2S. The van der Waals surface area contributed by atoms with Gasteiger partial charge >= 0.3 is 0 Å². The first kappa shape index (κ1) is 13.7. The normalized spacial score (nSPS) is 10.4. The van der Waals surface area contributed by atoms with Gasteiger partial charge in [-0.05, 0) is 56.1 Å². The highest BCUT2D eigenvalue weighted by Crippen LogP contribution is 2.24. The maximum absolute atomic E-state index is 13.2. The van der Waals surface area contributed by atoms with Gasteiger partial charge in [-0.1, -0.05) is 0 Å². The number of halogens is 3. The standard InChI is InChI=1S/C12H7Br2FO2S/c13-8-2-1-7(5-9(8)15)17-6-10(16)11-3-4-12(14)18-11/h1-5H,6H2. The van der Waals surface area contributed by atoms with E-state index in [9.17, 15) is 9.18 Å². The molecule has 94 valence electrons. The molecule has 0 radical (unpaired) electrons. The van der Waals surface area contributed by atoms with Crippen molar-refractivity contribution in [1.29, 1.82) is 0 Å². The number of ketones is 1. The van der Waals surface area contributed by atoms with Crippen molar-refractivity contribution in [1.82, 2.24) is 0 Å². The van der Waals surface area contributed by atoms with E-state index in [0.29, 0.717) is 15.1 Å². The van der Waals surface area contributed by atoms with Gasteiger partial charge in [0, 0.05) is 6.07 Å². The number of carbonyl (C=O) groups is 1. The van der Waals surface area contributed by atoms with E-state index in [4.69, 9.17) is 4.74 Å². The zero-order valence-corrected chi connectivity index (χ0v) is 12.9. The van der Waals surface area contributed by atoms with Gasteiger partial charge in [0.1, 0.15) is 11.6 Å². The van der Waals surface area contributed by atoms with E-state index in [0.717, 1.165) is 3.79 Å². The summed E-state index contributed by atoms with van der Waals surface area (Å²) in [6.07, 6.45) is 0. The third-order valence-electron chi connectivity index (χ3n) is 2.11. The third-order valence-corrected chi connectivity index (χ3v) is 4.42. The molecule has 1 aromatic carbocycles. The van der Waals surface area contributed by atoms with Crippen LogP contribution in [0.15, 0.2) is 38.6 Å². The van der Waals surface area contributed by atoms with E-state index in [-0.39, 0.29) is 12.4 Å². The van der Waals surface area contributed by atoms with Gasteiger partial charge in [0.05, 0.1) is 13.1 Å². The van der Waals surface area contributed by atoms with Gasteiger partial charge in [-0.2, -0.15) is 0 Å². The number of thiophene rings is 1. The van der Waals surface area contributed by atoms with E-state index in [1.807, 2.05) is 0 Å². The van der Waals surface area contributed by atoms with Crippen molar-refractivity contribution in [3.05, 3.63) is 49.3 Å². The molecule has 0 saturated heterocycles. The van der Waals surface area contributed by atoms with Crippen molar-refractivity contribution in [2.75, 3.05) is 6.61 Å². The zero-order chi connectivity index (χ0) is 13.1. The predicted molar refractivity (Wildman–Crippen MR) is 75.9 cm³/mol. The molecule has 0 fully saturated rings. The summed E-state index contributed by atoms with van der Waals surface area (Å²) < 4.78 is 19.7. The molecule has 0 aliphatic heterocycles. The van der Waals surface area contributed by atoms with Gasteiger partial charge < -0.3 is 4.74 Å². The number of Topliss-reactive ketones (excluding diaryl/α,β-unsaturated/α-hetero) is 1. The van der Waals surface area contributed by atoms with Crippen LogP contribution in [0.4, 0.5) is 4.39 Å². The smallest absolute Gasteiger partial charge is 0.210 e. The lowest BCUT2D eigenvalue weighted by molar-refractivity contribution is 0.0925. The minimum atomic E-state index is -0.418. The van der Waals surface area contributed by atoms with Crippen molar-refractivity contribution in [2.45, 2.75) is 0 Å². The Morgan fingerprint density at radius 1 is 1.28 bits per heavy atom. The Labute approximate surface area is 124 Å². The average molecular weight is 394 g/mol. The molecule has 18 heavy (non-hydrogen) atoms. The van der Waals surface area contributed by atoms with Crippen LogP contribution in [0.25, 0.3) is 0 Å². The van der Waals surface area contributed by atoms with Gasteiger partial charge in [-0.25, -0.2) is 4.39 Å². The fourth-order valence-corrected chi connectivity index (χ4v) is 2.81. The molecule has 6 heteroatoms. The van der Waals surface area contributed by atoms with Crippen LogP contribution in [0.3, 0.4) is 0 Å². The highest BCUT2D eigenvalue weighted by molar-refractivity contribution is 9.11. The molecule has 0 amide bonds. The van der Waals surface area contributed by atoms with Gasteiger partial charge in [-0.15, -0.1) is 11.3 Å². The average Bonchev–Trinajstić information content (AvgIpc) is 2.77. The number of hydrogen-bond donors (Lipinski definition) is 0. The highest BCUT2D eigenvalue weighted by Gasteiger charge is 2.10. The van der Waals surface area contributed by atoms with Crippen molar-refractivity contribution in [3.63, 3.8) is 0 Å². The highest BCUT2D eigenvalue weighted by atomic mass is 79.9. The number of benzene rings is 1. The van der Waals surface area contributed by atoms with Crippen LogP contribution in [0.2, 0.25) is 0 Å². The monoisotopic (exact) mass is 392 g/mol. The molecule has 2 rings (SSSR count). The Balaban J connectivity index is 1.99. The topological polar surface area (TPSA) is 26.3 Å². The number of ether oxygens (including phenoxy) is 1. The first-order valence-electron chi connectivity index (χ1n) is 4.92. The van der Waals surface area contributed by atoms with Crippen molar-refractivity contribution >= 4 is 49.0 Å². The van der Waals surface area contributed by atoms with Crippen LogP contribution in [0, 0.1) is 5.82 Å². The number of rotatable bonds is 4. The van der Waals surface area contributed by atoms with Gasteiger partial charge in [0.25, 0.3) is 0 Å². The lowest BCUT2D eigenvalue weighted by atomic mass is 10.3. The van der Waals surface area contributed by atoms with E-state index >= 15 is 0 Å². The largest absolute Gasteiger partial charge is 0.485 e. The first-order valence-corrected chi connectivity index (χ1v) is 7.33. The van der Waals surface area contributed by atoms with Crippen LogP contribution in [0.5, 0.6) is 5.75 Å². The van der Waals surface area contributed by atoms with Crippen LogP contribution in [0.1, 0.15) is 9.67 Å². The molecule has 0 bridgehead atoms. The van der Waals surface area contributed by atoms with Crippen LogP contribution >= 0.6 is 43.2 Å². The molecule has 0 aliphatic carbocycles. The summed E-state index contributed by atoms with van der Waals surface area (Å²) in [6, 6.07) is 7.91. The van der Waals surface area contributed by atoms with Crippen molar-refractivity contribution < 1.29 is 13.9 Å². The van der Waals surface area contributed by atoms with Crippen molar-refractivity contribution in [2.24, 2.45) is 0 Å². The van der Waals surface area contributed by atoms with Gasteiger partial charge in [0.2, 0.25) is 5.78 Å². The molecule has 2 aromatic rings. The molecule has 1 aromatic heterocycles. The maximum atomic E-state index is 13.2. The Hall–Kier alpha value is -0.720. The summed E-state index contributed by atoms with van der Waals surface area (Å²) in [4.78, 5) is 12.4. The Bertz CT molecular complexity index is 583. The summed E-state index contributed by atoms with van der Waals surface area (Å²) in [5.74, 6) is -0.215. The quantitative estimate of drug-likeness (QED) is 0.705. The zero-order valence-electron chi connectivity index (χ0n) is 8.95. The van der Waals surface area contributed by atoms with E-state index < -0.39 is 5.82 Å². The summed E-state index contributed by atoms with van der Waals surface area (Å²) in [6.45, 7) is -0.103. The Morgan fingerprint density at radius 3 is 2.67 bits per heavy atom. The molecule has 0 atom stereocenters. The van der Waals surface area contributed by atoms with Crippen molar-refractivity contribution in [3.8, 4) is 5.75 Å². The summed E-state index contributed by atoms with van der Waals surface area (Å²) in [5, 5.41) is 0. The molecule has 0 aliphatic rings. The van der Waals surface area contributed by atoms with Crippen LogP contribution in [-0.2, 0) is 0 Å². The summed E-state index contributed by atoms with van der Waals surface area (Å²) in [7, 11) is 0. The lowest BCUT2D eigenvalue weighted by Crippen LogP contribution is -2.10. The third kappa shape index (κ3) is 3.40. The second-order valence-corrected chi connectivity index (χ2v) is 6.71. The molecular weight excluding hydrogens is 387 g/mol. The number of carbonyl (C=O) groups excluding carboxylic acids is 1. The molecule has 1 heterocycles. The molecule has 0 spiro atoms. The van der Waals surface area contributed by atoms with E-state index in [1.54, 1.807) is 18.2 Å². The fourth-order valence-electron chi connectivity index (χ4n) is 1.25. The molecule has 0 N–H and O–H groups in total. The Kier molecular flexibility index (Phi) is 4.53. The minimum Gasteiger partial charge on any atom is -0.485 e. The maximum Gasteiger partial charge on any atom is 0.210 e. The fraction of sp³-hybridized carbons (Fsp3) is 0.0833. The SMILES string of the molecule is O=C(COc1ccc(Br)c(F)c1)c1ccc(Br)s1. The summed E-state index contributed by atoms with van der Waals surface area (Å²) >= 11 is 7.67. The van der Waals surface area contributed by atoms with E-state index in [2.05, 4.69) is 31.9 Å². The Morgan fingerprint density at radius 2 is 2.06 bits per heavy atom. The first-order chi connectivity index (χ1) is 8.56. The van der Waals surface area contributed by atoms with Gasteiger partial charge in [-0.3, -0.25) is 4.79 Å². The van der Waals surface area contributed by atoms with E-state index in [1.165, 1.54) is 23.5 Å². The second-order valence-electron chi connectivity index (χ2n) is 3.39. The number of hydrogen-bond acceptors (Lipinski definition) is 3. The molecule has 0 saturated carbocycles. The minimum absolute atomic E-state index is 0.103. The second kappa shape index (κ2) is 5.95. The predicted octanol–water partition coefficient (Wildman–Crippen LogP) is 4.67. The van der Waals surface area contributed by atoms with Crippen LogP contribution in [-0.4, -0.2) is 12.4 Å². The van der Waals surface area contributed by atoms with Gasteiger partial charge in [0.15, 0.2) is 6.61 Å². The summed E-state index contributed by atoms with van der Waals surface area (Å²) in [5.41, 5.74) is 0. The molecule has 0 unspecified atom stereocenters. The van der Waals surface area contributed by atoms with Crippen LogP contribution < -0.4 is 4.74 Å².